The Hall–Kier alpha value is -0.120. The Morgan fingerprint density at radius 1 is 1.55 bits per heavy atom. The van der Waals surface area contributed by atoms with Crippen molar-refractivity contribution in [1.29, 1.82) is 0 Å². The summed E-state index contributed by atoms with van der Waals surface area (Å²) in [6, 6.07) is 0. The van der Waals surface area contributed by atoms with E-state index in [4.69, 9.17) is 5.73 Å². The van der Waals surface area contributed by atoms with E-state index in [9.17, 15) is 0 Å². The minimum Gasteiger partial charge on any atom is -0.330 e. The predicted octanol–water partition coefficient (Wildman–Crippen LogP) is 0.0244. The van der Waals surface area contributed by atoms with Gasteiger partial charge in [-0.2, -0.15) is 0 Å². The third-order valence-electron chi connectivity index (χ3n) is 2.54. The molecule has 1 unspecified atom stereocenters. The lowest BCUT2D eigenvalue weighted by atomic mass is 9.94. The third-order valence-corrected chi connectivity index (χ3v) is 2.54. The quantitative estimate of drug-likeness (QED) is 0.541. The van der Waals surface area contributed by atoms with E-state index < -0.39 is 0 Å². The molecule has 0 aromatic carbocycles. The smallest absolute Gasteiger partial charge is 0.0696 e. The molecule has 0 spiro atoms. The summed E-state index contributed by atoms with van der Waals surface area (Å²) in [5.41, 5.74) is 5.69. The number of piperidine rings is 1. The molecule has 1 fully saturated rings. The van der Waals surface area contributed by atoms with Crippen molar-refractivity contribution in [2.45, 2.75) is 31.3 Å². The van der Waals surface area contributed by atoms with Gasteiger partial charge in [-0.25, -0.2) is 0 Å². The Balaban J connectivity index is 2.42. The SMILES string of the molecule is CNC1(CCN)CCCCN1. The van der Waals surface area contributed by atoms with Crippen LogP contribution >= 0.6 is 0 Å². The molecule has 11 heavy (non-hydrogen) atoms. The summed E-state index contributed by atoms with van der Waals surface area (Å²) >= 11 is 0. The van der Waals surface area contributed by atoms with Crippen LogP contribution in [-0.2, 0) is 0 Å². The summed E-state index contributed by atoms with van der Waals surface area (Å²) in [7, 11) is 2.01. The lowest BCUT2D eigenvalue weighted by Crippen LogP contribution is -2.58. The number of nitrogens with one attached hydrogen (secondary N) is 2. The van der Waals surface area contributed by atoms with Gasteiger partial charge in [0.2, 0.25) is 0 Å². The zero-order valence-electron chi connectivity index (χ0n) is 7.32. The zero-order valence-corrected chi connectivity index (χ0v) is 7.32. The van der Waals surface area contributed by atoms with Crippen LogP contribution in [0.25, 0.3) is 0 Å². The molecule has 0 aromatic rings. The molecule has 0 saturated carbocycles. The molecule has 1 aliphatic heterocycles. The summed E-state index contributed by atoms with van der Waals surface area (Å²) < 4.78 is 0. The fourth-order valence-corrected chi connectivity index (χ4v) is 1.77. The maximum Gasteiger partial charge on any atom is 0.0696 e. The average molecular weight is 157 g/mol. The Morgan fingerprint density at radius 3 is 2.82 bits per heavy atom. The summed E-state index contributed by atoms with van der Waals surface area (Å²) in [5, 5.41) is 6.82. The average Bonchev–Trinajstić information content (AvgIpc) is 2.07. The van der Waals surface area contributed by atoms with Gasteiger partial charge in [-0.15, -0.1) is 0 Å². The molecule has 1 aliphatic rings. The molecule has 3 heteroatoms. The molecule has 4 N–H and O–H groups in total. The van der Waals surface area contributed by atoms with Gasteiger partial charge in [0.05, 0.1) is 5.66 Å². The van der Waals surface area contributed by atoms with Gasteiger partial charge in [-0.3, -0.25) is 5.32 Å². The van der Waals surface area contributed by atoms with Crippen molar-refractivity contribution < 1.29 is 0 Å². The summed E-state index contributed by atoms with van der Waals surface area (Å²) in [4.78, 5) is 0. The van der Waals surface area contributed by atoms with Gasteiger partial charge in [-0.1, -0.05) is 0 Å². The van der Waals surface area contributed by atoms with Crippen LogP contribution < -0.4 is 16.4 Å². The predicted molar refractivity (Wildman–Crippen MR) is 47.3 cm³/mol. The van der Waals surface area contributed by atoms with Crippen molar-refractivity contribution >= 4 is 0 Å². The minimum absolute atomic E-state index is 0.146. The standard InChI is InChI=1S/C8H19N3/c1-10-8(5-6-9)4-2-3-7-11-8/h10-11H,2-7,9H2,1H3. The van der Waals surface area contributed by atoms with Gasteiger partial charge < -0.3 is 11.1 Å². The second-order valence-corrected chi connectivity index (χ2v) is 3.25. The Kier molecular flexibility index (Phi) is 3.30. The van der Waals surface area contributed by atoms with E-state index in [1.165, 1.54) is 19.3 Å². The van der Waals surface area contributed by atoms with Crippen molar-refractivity contribution in [3.8, 4) is 0 Å². The first-order valence-corrected chi connectivity index (χ1v) is 4.47. The second-order valence-electron chi connectivity index (χ2n) is 3.25. The van der Waals surface area contributed by atoms with Crippen LogP contribution in [0.5, 0.6) is 0 Å². The van der Waals surface area contributed by atoms with Gasteiger partial charge in [0.25, 0.3) is 0 Å². The van der Waals surface area contributed by atoms with E-state index in [2.05, 4.69) is 10.6 Å². The van der Waals surface area contributed by atoms with E-state index in [1.54, 1.807) is 0 Å². The molecular formula is C8H19N3. The van der Waals surface area contributed by atoms with Gasteiger partial charge in [0.15, 0.2) is 0 Å². The maximum absolute atomic E-state index is 5.54. The molecule has 0 radical (unpaired) electrons. The van der Waals surface area contributed by atoms with E-state index in [1.807, 2.05) is 7.05 Å². The van der Waals surface area contributed by atoms with Crippen molar-refractivity contribution in [1.82, 2.24) is 10.6 Å². The van der Waals surface area contributed by atoms with Crippen LogP contribution in [0.4, 0.5) is 0 Å². The van der Waals surface area contributed by atoms with E-state index in [-0.39, 0.29) is 5.66 Å². The van der Waals surface area contributed by atoms with Crippen LogP contribution in [0.2, 0.25) is 0 Å². The largest absolute Gasteiger partial charge is 0.330 e. The van der Waals surface area contributed by atoms with Gasteiger partial charge >= 0.3 is 0 Å². The van der Waals surface area contributed by atoms with Crippen LogP contribution in [0.3, 0.4) is 0 Å². The van der Waals surface area contributed by atoms with Gasteiger partial charge in [-0.05, 0) is 45.8 Å². The van der Waals surface area contributed by atoms with Crippen molar-refractivity contribution in [3.05, 3.63) is 0 Å². The van der Waals surface area contributed by atoms with Gasteiger partial charge in [0, 0.05) is 0 Å². The molecule has 3 nitrogen and oxygen atoms in total. The Morgan fingerprint density at radius 2 is 2.36 bits per heavy atom. The topological polar surface area (TPSA) is 50.1 Å². The highest BCUT2D eigenvalue weighted by molar-refractivity contribution is 4.87. The molecule has 0 aliphatic carbocycles. The molecule has 66 valence electrons. The zero-order chi connectivity index (χ0) is 8.16. The van der Waals surface area contributed by atoms with Crippen LogP contribution in [0, 0.1) is 0 Å². The second kappa shape index (κ2) is 4.04. The first-order chi connectivity index (χ1) is 5.33. The molecule has 1 heterocycles. The van der Waals surface area contributed by atoms with Crippen LogP contribution in [-0.4, -0.2) is 25.8 Å². The highest BCUT2D eigenvalue weighted by atomic mass is 15.2. The van der Waals surface area contributed by atoms with Gasteiger partial charge in [0.1, 0.15) is 0 Å². The highest BCUT2D eigenvalue weighted by Gasteiger charge is 2.28. The van der Waals surface area contributed by atoms with Crippen LogP contribution in [0.1, 0.15) is 25.7 Å². The Bertz CT molecular complexity index is 102. The Labute approximate surface area is 68.7 Å². The molecule has 0 amide bonds. The number of rotatable bonds is 3. The van der Waals surface area contributed by atoms with E-state index in [0.29, 0.717) is 0 Å². The summed E-state index contributed by atoms with van der Waals surface area (Å²) in [6.45, 7) is 1.88. The molecule has 1 atom stereocenters. The van der Waals surface area contributed by atoms with Crippen molar-refractivity contribution in [2.24, 2.45) is 5.73 Å². The normalized spacial score (nSPS) is 32.2. The van der Waals surface area contributed by atoms with Crippen molar-refractivity contribution in [3.63, 3.8) is 0 Å². The molecule has 0 bridgehead atoms. The highest BCUT2D eigenvalue weighted by Crippen LogP contribution is 2.18. The summed E-state index contributed by atoms with van der Waals surface area (Å²) in [6.07, 6.45) is 4.85. The van der Waals surface area contributed by atoms with E-state index >= 15 is 0 Å². The fourth-order valence-electron chi connectivity index (χ4n) is 1.77. The number of hydrogen-bond acceptors (Lipinski definition) is 3. The number of hydrogen-bond donors (Lipinski definition) is 3. The van der Waals surface area contributed by atoms with Crippen molar-refractivity contribution in [2.75, 3.05) is 20.1 Å². The summed E-state index contributed by atoms with van der Waals surface area (Å²) in [5.74, 6) is 0. The molecule has 0 aromatic heterocycles. The van der Waals surface area contributed by atoms with E-state index in [0.717, 1.165) is 19.5 Å². The van der Waals surface area contributed by atoms with Crippen LogP contribution in [0.15, 0.2) is 0 Å². The first-order valence-electron chi connectivity index (χ1n) is 4.47. The lowest BCUT2D eigenvalue weighted by molar-refractivity contribution is 0.202. The molecular weight excluding hydrogens is 138 g/mol. The fraction of sp³-hybridized carbons (Fsp3) is 1.00. The first kappa shape index (κ1) is 8.97. The molecule has 1 rings (SSSR count). The minimum atomic E-state index is 0.146. The number of nitrogens with two attached hydrogens (primary N) is 1. The molecule has 1 saturated heterocycles. The lowest BCUT2D eigenvalue weighted by Gasteiger charge is -2.38. The monoisotopic (exact) mass is 157 g/mol. The maximum atomic E-state index is 5.54. The third kappa shape index (κ3) is 2.15.